The maximum Gasteiger partial charge on any atom is 0.243 e. The van der Waals surface area contributed by atoms with Crippen LogP contribution in [0.4, 0.5) is 0 Å². The number of nitrogens with zero attached hydrogens (tertiary/aromatic N) is 1. The highest BCUT2D eigenvalue weighted by molar-refractivity contribution is 6.35. The summed E-state index contributed by atoms with van der Waals surface area (Å²) in [5.41, 5.74) is 3.79. The van der Waals surface area contributed by atoms with Crippen molar-refractivity contribution >= 4 is 35.0 Å². The molecule has 2 amide bonds. The lowest BCUT2D eigenvalue weighted by Crippen LogP contribution is -2.52. The third-order valence-electron chi connectivity index (χ3n) is 7.41. The second-order valence-corrected chi connectivity index (χ2v) is 11.2. The van der Waals surface area contributed by atoms with Crippen LogP contribution in [0, 0.1) is 0 Å². The topological polar surface area (TPSA) is 49.4 Å². The van der Waals surface area contributed by atoms with Crippen LogP contribution in [0.1, 0.15) is 54.9 Å². The van der Waals surface area contributed by atoms with E-state index in [1.54, 1.807) is 17.0 Å². The Balaban J connectivity index is 1.76. The Labute approximate surface area is 253 Å². The van der Waals surface area contributed by atoms with Crippen molar-refractivity contribution in [3.05, 3.63) is 141 Å². The molecule has 41 heavy (non-hydrogen) atoms. The fraction of sp³-hybridized carbons (Fsp3) is 0.257. The molecule has 0 bridgehead atoms. The Bertz CT molecular complexity index is 1370. The van der Waals surface area contributed by atoms with Crippen LogP contribution in [-0.2, 0) is 22.6 Å². The smallest absolute Gasteiger partial charge is 0.243 e. The number of amides is 2. The SMILES string of the molecule is CC[C@@H](C)NC(=O)[C@H](Cc1ccccc1)N(Cc1ccc(Cl)cc1Cl)C(=O)CC(c1ccccc1)c1ccccc1. The Hall–Kier alpha value is -3.60. The van der Waals surface area contributed by atoms with Crippen molar-refractivity contribution in [1.29, 1.82) is 0 Å². The van der Waals surface area contributed by atoms with Crippen molar-refractivity contribution < 1.29 is 9.59 Å². The molecule has 4 nitrogen and oxygen atoms in total. The second-order valence-electron chi connectivity index (χ2n) is 10.4. The minimum atomic E-state index is -0.738. The quantitative estimate of drug-likeness (QED) is 0.182. The molecule has 0 aliphatic rings. The zero-order chi connectivity index (χ0) is 29.2. The van der Waals surface area contributed by atoms with Crippen LogP contribution in [-0.4, -0.2) is 28.8 Å². The van der Waals surface area contributed by atoms with Gasteiger partial charge in [0.05, 0.1) is 0 Å². The van der Waals surface area contributed by atoms with Gasteiger partial charge < -0.3 is 10.2 Å². The molecule has 4 rings (SSSR count). The van der Waals surface area contributed by atoms with E-state index in [9.17, 15) is 9.59 Å². The van der Waals surface area contributed by atoms with E-state index in [0.717, 1.165) is 28.7 Å². The number of nitrogens with one attached hydrogen (secondary N) is 1. The molecule has 0 heterocycles. The summed E-state index contributed by atoms with van der Waals surface area (Å²) in [6.07, 6.45) is 1.35. The van der Waals surface area contributed by atoms with Crippen molar-refractivity contribution in [3.63, 3.8) is 0 Å². The summed E-state index contributed by atoms with van der Waals surface area (Å²) in [5.74, 6) is -0.491. The molecule has 0 aromatic heterocycles. The first-order chi connectivity index (χ1) is 19.9. The summed E-state index contributed by atoms with van der Waals surface area (Å²) in [4.78, 5) is 30.0. The first-order valence-electron chi connectivity index (χ1n) is 14.0. The molecule has 0 radical (unpaired) electrons. The fourth-order valence-electron chi connectivity index (χ4n) is 4.92. The van der Waals surface area contributed by atoms with E-state index in [2.05, 4.69) is 5.32 Å². The highest BCUT2D eigenvalue weighted by atomic mass is 35.5. The molecule has 6 heteroatoms. The number of rotatable bonds is 12. The van der Waals surface area contributed by atoms with Crippen molar-refractivity contribution in [2.75, 3.05) is 0 Å². The van der Waals surface area contributed by atoms with E-state index in [-0.39, 0.29) is 36.7 Å². The molecule has 0 saturated carbocycles. The lowest BCUT2D eigenvalue weighted by atomic mass is 9.87. The number of hydrogen-bond donors (Lipinski definition) is 1. The third kappa shape index (κ3) is 8.45. The summed E-state index contributed by atoms with van der Waals surface area (Å²) >= 11 is 12.8. The monoisotopic (exact) mass is 586 g/mol. The van der Waals surface area contributed by atoms with Gasteiger partial charge in [0.1, 0.15) is 6.04 Å². The number of hydrogen-bond acceptors (Lipinski definition) is 2. The Kier molecular flexibility index (Phi) is 11.0. The van der Waals surface area contributed by atoms with Gasteiger partial charge in [0.25, 0.3) is 0 Å². The van der Waals surface area contributed by atoms with Crippen LogP contribution in [0.5, 0.6) is 0 Å². The van der Waals surface area contributed by atoms with Crippen molar-refractivity contribution in [1.82, 2.24) is 10.2 Å². The number of halogens is 2. The molecule has 4 aromatic carbocycles. The van der Waals surface area contributed by atoms with Crippen molar-refractivity contribution in [3.8, 4) is 0 Å². The van der Waals surface area contributed by atoms with Gasteiger partial charge in [-0.05, 0) is 47.7 Å². The first kappa shape index (κ1) is 30.4. The predicted molar refractivity (Wildman–Crippen MR) is 168 cm³/mol. The lowest BCUT2D eigenvalue weighted by molar-refractivity contribution is -0.141. The Morgan fingerprint density at radius 1 is 0.805 bits per heavy atom. The molecule has 0 fully saturated rings. The van der Waals surface area contributed by atoms with E-state index >= 15 is 0 Å². The second kappa shape index (κ2) is 14.9. The fourth-order valence-corrected chi connectivity index (χ4v) is 5.39. The number of benzene rings is 4. The van der Waals surface area contributed by atoms with Gasteiger partial charge in [-0.2, -0.15) is 0 Å². The van der Waals surface area contributed by atoms with Gasteiger partial charge in [0.15, 0.2) is 0 Å². The van der Waals surface area contributed by atoms with Gasteiger partial charge in [-0.15, -0.1) is 0 Å². The molecule has 4 aromatic rings. The molecular weight excluding hydrogens is 551 g/mol. The van der Waals surface area contributed by atoms with Crippen molar-refractivity contribution in [2.24, 2.45) is 0 Å². The van der Waals surface area contributed by atoms with E-state index in [4.69, 9.17) is 23.2 Å². The summed E-state index contributed by atoms with van der Waals surface area (Å²) < 4.78 is 0. The average molecular weight is 588 g/mol. The van der Waals surface area contributed by atoms with Gasteiger partial charge in [-0.25, -0.2) is 0 Å². The van der Waals surface area contributed by atoms with Crippen LogP contribution in [0.3, 0.4) is 0 Å². The maximum absolute atomic E-state index is 14.5. The number of carbonyl (C=O) groups is 2. The van der Waals surface area contributed by atoms with Crippen LogP contribution < -0.4 is 5.32 Å². The van der Waals surface area contributed by atoms with Gasteiger partial charge in [-0.3, -0.25) is 9.59 Å². The van der Waals surface area contributed by atoms with Gasteiger partial charge in [0.2, 0.25) is 11.8 Å². The molecule has 0 aliphatic heterocycles. The Morgan fingerprint density at radius 3 is 1.90 bits per heavy atom. The summed E-state index contributed by atoms with van der Waals surface area (Å²) in [5, 5.41) is 4.10. The van der Waals surface area contributed by atoms with Crippen LogP contribution in [0.2, 0.25) is 10.0 Å². The molecule has 2 atom stereocenters. The van der Waals surface area contributed by atoms with E-state index in [0.29, 0.717) is 16.5 Å². The summed E-state index contributed by atoms with van der Waals surface area (Å²) in [6.45, 7) is 4.18. The summed E-state index contributed by atoms with van der Waals surface area (Å²) in [7, 11) is 0. The van der Waals surface area contributed by atoms with E-state index in [1.165, 1.54) is 0 Å². The summed E-state index contributed by atoms with van der Waals surface area (Å²) in [6, 6.07) is 34.3. The number of carbonyl (C=O) groups excluding carboxylic acids is 2. The molecular formula is C35H36Cl2N2O2. The normalized spacial score (nSPS) is 12.5. The van der Waals surface area contributed by atoms with E-state index in [1.807, 2.05) is 111 Å². The molecule has 1 N–H and O–H groups in total. The zero-order valence-electron chi connectivity index (χ0n) is 23.5. The first-order valence-corrected chi connectivity index (χ1v) is 14.8. The van der Waals surface area contributed by atoms with Gasteiger partial charge >= 0.3 is 0 Å². The molecule has 0 spiro atoms. The van der Waals surface area contributed by atoms with Crippen molar-refractivity contribution in [2.45, 2.75) is 57.7 Å². The van der Waals surface area contributed by atoms with Crippen LogP contribution >= 0.6 is 23.2 Å². The largest absolute Gasteiger partial charge is 0.352 e. The predicted octanol–water partition coefficient (Wildman–Crippen LogP) is 8.07. The van der Waals surface area contributed by atoms with Crippen LogP contribution in [0.25, 0.3) is 0 Å². The minimum absolute atomic E-state index is 0.0294. The molecule has 0 unspecified atom stereocenters. The third-order valence-corrected chi connectivity index (χ3v) is 8.00. The maximum atomic E-state index is 14.5. The molecule has 0 saturated heterocycles. The van der Waals surface area contributed by atoms with Gasteiger partial charge in [0, 0.05) is 41.4 Å². The molecule has 212 valence electrons. The highest BCUT2D eigenvalue weighted by Gasteiger charge is 2.33. The van der Waals surface area contributed by atoms with Crippen LogP contribution in [0.15, 0.2) is 109 Å². The van der Waals surface area contributed by atoms with E-state index < -0.39 is 6.04 Å². The van der Waals surface area contributed by atoms with Gasteiger partial charge in [-0.1, -0.05) is 127 Å². The Morgan fingerprint density at radius 2 is 1.37 bits per heavy atom. The zero-order valence-corrected chi connectivity index (χ0v) is 25.0. The highest BCUT2D eigenvalue weighted by Crippen LogP contribution is 2.31. The minimum Gasteiger partial charge on any atom is -0.352 e. The molecule has 0 aliphatic carbocycles. The average Bonchev–Trinajstić information content (AvgIpc) is 2.99. The lowest BCUT2D eigenvalue weighted by Gasteiger charge is -2.33. The standard InChI is InChI=1S/C35H36Cl2N2O2/c1-3-25(2)38-35(41)33(21-26-13-7-4-8-14-26)39(24-29-19-20-30(36)22-32(29)37)34(40)23-31(27-15-9-5-10-16-27)28-17-11-6-12-18-28/h4-20,22,25,31,33H,3,21,23-24H2,1-2H3,(H,38,41)/t25-,33+/m1/s1.